The van der Waals surface area contributed by atoms with E-state index in [-0.39, 0.29) is 5.97 Å². The molecular weight excluding hydrogens is 254 g/mol. The molecule has 0 radical (unpaired) electrons. The first-order chi connectivity index (χ1) is 9.61. The molecule has 0 aliphatic heterocycles. The highest BCUT2D eigenvalue weighted by molar-refractivity contribution is 5.90. The molecule has 20 heavy (non-hydrogen) atoms. The molecule has 5 heteroatoms. The van der Waals surface area contributed by atoms with Gasteiger partial charge in [-0.15, -0.1) is 0 Å². The highest BCUT2D eigenvalue weighted by atomic mass is 16.5. The highest BCUT2D eigenvalue weighted by Gasteiger charge is 2.22. The number of hydrogen-bond acceptors (Lipinski definition) is 4. The van der Waals surface area contributed by atoms with E-state index < -0.39 is 0 Å². The maximum Gasteiger partial charge on any atom is 0.341 e. The number of esters is 1. The number of carbonyl (C=O) groups is 1. The zero-order valence-corrected chi connectivity index (χ0v) is 12.8. The minimum absolute atomic E-state index is 0.271. The van der Waals surface area contributed by atoms with Gasteiger partial charge in [-0.2, -0.15) is 5.10 Å². The Labute approximate surface area is 120 Å². The van der Waals surface area contributed by atoms with E-state index in [1.165, 1.54) is 32.1 Å². The Hall–Kier alpha value is -1.36. The zero-order valence-electron chi connectivity index (χ0n) is 12.8. The van der Waals surface area contributed by atoms with E-state index in [0.717, 1.165) is 5.69 Å². The Kier molecular flexibility index (Phi) is 5.17. The minimum atomic E-state index is -0.271. The fourth-order valence-electron chi connectivity index (χ4n) is 2.92. The molecule has 0 spiro atoms. The Morgan fingerprint density at radius 3 is 2.80 bits per heavy atom. The number of aromatic nitrogens is 2. The Morgan fingerprint density at radius 2 is 2.15 bits per heavy atom. The van der Waals surface area contributed by atoms with Crippen molar-refractivity contribution >= 4 is 5.97 Å². The summed E-state index contributed by atoms with van der Waals surface area (Å²) in [5.41, 5.74) is 1.41. The summed E-state index contributed by atoms with van der Waals surface area (Å²) in [5, 5.41) is 4.42. The third kappa shape index (κ3) is 3.60. The van der Waals surface area contributed by atoms with Crippen LogP contribution in [-0.4, -0.2) is 40.3 Å². The van der Waals surface area contributed by atoms with E-state index in [0.29, 0.717) is 24.8 Å². The first kappa shape index (κ1) is 15.0. The lowest BCUT2D eigenvalue weighted by Gasteiger charge is -2.30. The van der Waals surface area contributed by atoms with Gasteiger partial charge >= 0.3 is 5.97 Å². The van der Waals surface area contributed by atoms with Gasteiger partial charge in [-0.25, -0.2) is 4.79 Å². The molecule has 0 aromatic carbocycles. The van der Waals surface area contributed by atoms with Crippen LogP contribution in [0.5, 0.6) is 0 Å². The van der Waals surface area contributed by atoms with Gasteiger partial charge in [0.2, 0.25) is 0 Å². The second kappa shape index (κ2) is 6.88. The Bertz CT molecular complexity index is 450. The molecule has 5 nitrogen and oxygen atoms in total. The van der Waals surface area contributed by atoms with Crippen molar-refractivity contribution in [2.75, 3.05) is 13.7 Å². The van der Waals surface area contributed by atoms with Crippen molar-refractivity contribution in [2.45, 2.75) is 51.6 Å². The number of carbonyl (C=O) groups excluding carboxylic acids is 1. The van der Waals surface area contributed by atoms with Crippen molar-refractivity contribution in [2.24, 2.45) is 7.05 Å². The summed E-state index contributed by atoms with van der Waals surface area (Å²) in [4.78, 5) is 14.3. The fraction of sp³-hybridized carbons (Fsp3) is 0.733. The van der Waals surface area contributed by atoms with Gasteiger partial charge in [-0.3, -0.25) is 9.58 Å². The largest absolute Gasteiger partial charge is 0.462 e. The molecule has 0 unspecified atom stereocenters. The van der Waals surface area contributed by atoms with Gasteiger partial charge in [0.05, 0.1) is 12.3 Å². The third-order valence-corrected chi connectivity index (χ3v) is 4.00. The van der Waals surface area contributed by atoms with Crippen LogP contribution in [0.1, 0.15) is 55.1 Å². The standard InChI is InChI=1S/C15H25N3O2/c1-4-20-15(19)13-10-18(3)16-14(13)11-17(2)12-8-6-5-7-9-12/h10,12H,4-9,11H2,1-3H3. The number of ether oxygens (including phenoxy) is 1. The van der Waals surface area contributed by atoms with E-state index in [9.17, 15) is 4.79 Å². The van der Waals surface area contributed by atoms with Gasteiger partial charge in [0.1, 0.15) is 5.56 Å². The second-order valence-electron chi connectivity index (χ2n) is 5.59. The van der Waals surface area contributed by atoms with Crippen LogP contribution in [0, 0.1) is 0 Å². The SMILES string of the molecule is CCOC(=O)c1cn(C)nc1CN(C)C1CCCCC1. The van der Waals surface area contributed by atoms with Gasteiger partial charge in [0.25, 0.3) is 0 Å². The van der Waals surface area contributed by atoms with Gasteiger partial charge in [-0.05, 0) is 26.8 Å². The number of rotatable bonds is 5. The summed E-state index contributed by atoms with van der Waals surface area (Å²) in [6, 6.07) is 0.612. The molecule has 1 aromatic rings. The Morgan fingerprint density at radius 1 is 1.45 bits per heavy atom. The van der Waals surface area contributed by atoms with E-state index >= 15 is 0 Å². The number of aryl methyl sites for hydroxylation is 1. The molecular formula is C15H25N3O2. The van der Waals surface area contributed by atoms with Crippen LogP contribution in [0.3, 0.4) is 0 Å². The first-order valence-corrected chi connectivity index (χ1v) is 7.51. The molecule has 1 aromatic heterocycles. The topological polar surface area (TPSA) is 47.4 Å². The smallest absolute Gasteiger partial charge is 0.341 e. The van der Waals surface area contributed by atoms with Crippen molar-refractivity contribution in [1.82, 2.24) is 14.7 Å². The third-order valence-electron chi connectivity index (χ3n) is 4.00. The average Bonchev–Trinajstić information content (AvgIpc) is 2.81. The molecule has 0 atom stereocenters. The summed E-state index contributed by atoms with van der Waals surface area (Å²) in [7, 11) is 3.96. The van der Waals surface area contributed by atoms with Gasteiger partial charge in [-0.1, -0.05) is 19.3 Å². The molecule has 0 bridgehead atoms. The summed E-state index contributed by atoms with van der Waals surface area (Å²) in [6.07, 6.45) is 8.21. The molecule has 1 fully saturated rings. The second-order valence-corrected chi connectivity index (χ2v) is 5.59. The molecule has 112 valence electrons. The molecule has 0 saturated heterocycles. The van der Waals surface area contributed by atoms with Crippen LogP contribution in [-0.2, 0) is 18.3 Å². The van der Waals surface area contributed by atoms with Crippen LogP contribution < -0.4 is 0 Å². The molecule has 0 N–H and O–H groups in total. The van der Waals surface area contributed by atoms with Crippen molar-refractivity contribution in [3.8, 4) is 0 Å². The van der Waals surface area contributed by atoms with Gasteiger partial charge < -0.3 is 4.74 Å². The minimum Gasteiger partial charge on any atom is -0.462 e. The molecule has 2 rings (SSSR count). The molecule has 0 amide bonds. The maximum atomic E-state index is 11.9. The van der Waals surface area contributed by atoms with Gasteiger partial charge in [0, 0.05) is 25.8 Å². The van der Waals surface area contributed by atoms with Crippen LogP contribution in [0.15, 0.2) is 6.20 Å². The lowest BCUT2D eigenvalue weighted by atomic mass is 9.94. The van der Waals surface area contributed by atoms with E-state index in [1.54, 1.807) is 10.9 Å². The van der Waals surface area contributed by atoms with Crippen LogP contribution >= 0.6 is 0 Å². The summed E-state index contributed by atoms with van der Waals surface area (Å²) >= 11 is 0. The van der Waals surface area contributed by atoms with Crippen molar-refractivity contribution in [3.05, 3.63) is 17.5 Å². The maximum absolute atomic E-state index is 11.9. The fourth-order valence-corrected chi connectivity index (χ4v) is 2.92. The normalized spacial score (nSPS) is 16.6. The van der Waals surface area contributed by atoms with Crippen LogP contribution in [0.4, 0.5) is 0 Å². The van der Waals surface area contributed by atoms with Crippen molar-refractivity contribution in [3.63, 3.8) is 0 Å². The number of nitrogens with zero attached hydrogens (tertiary/aromatic N) is 3. The quantitative estimate of drug-likeness (QED) is 0.776. The predicted octanol–water partition coefficient (Wildman–Crippen LogP) is 2.36. The molecule has 1 saturated carbocycles. The molecule has 1 aliphatic carbocycles. The van der Waals surface area contributed by atoms with Crippen molar-refractivity contribution in [1.29, 1.82) is 0 Å². The first-order valence-electron chi connectivity index (χ1n) is 7.51. The summed E-state index contributed by atoms with van der Waals surface area (Å²) in [5.74, 6) is -0.271. The van der Waals surface area contributed by atoms with Gasteiger partial charge in [0.15, 0.2) is 0 Å². The van der Waals surface area contributed by atoms with E-state index in [1.807, 2.05) is 14.0 Å². The monoisotopic (exact) mass is 279 g/mol. The Balaban J connectivity index is 2.06. The molecule has 1 heterocycles. The van der Waals surface area contributed by atoms with E-state index in [4.69, 9.17) is 4.74 Å². The summed E-state index contributed by atoms with van der Waals surface area (Å²) < 4.78 is 6.79. The summed E-state index contributed by atoms with van der Waals surface area (Å²) in [6.45, 7) is 2.92. The van der Waals surface area contributed by atoms with Crippen LogP contribution in [0.2, 0.25) is 0 Å². The average molecular weight is 279 g/mol. The molecule has 1 aliphatic rings. The van der Waals surface area contributed by atoms with Crippen molar-refractivity contribution < 1.29 is 9.53 Å². The lowest BCUT2D eigenvalue weighted by molar-refractivity contribution is 0.0523. The lowest BCUT2D eigenvalue weighted by Crippen LogP contribution is -2.33. The highest BCUT2D eigenvalue weighted by Crippen LogP contribution is 2.23. The van der Waals surface area contributed by atoms with Crippen LogP contribution in [0.25, 0.3) is 0 Å². The number of hydrogen-bond donors (Lipinski definition) is 0. The zero-order chi connectivity index (χ0) is 14.5. The van der Waals surface area contributed by atoms with E-state index in [2.05, 4.69) is 17.0 Å². The predicted molar refractivity (Wildman–Crippen MR) is 77.5 cm³/mol.